The molecule has 0 amide bonds. The zero-order valence-electron chi connectivity index (χ0n) is 22.4. The number of hydrogen-bond acceptors (Lipinski definition) is 0. The van der Waals surface area contributed by atoms with Crippen molar-refractivity contribution in [1.29, 1.82) is 0 Å². The van der Waals surface area contributed by atoms with Crippen LogP contribution in [0.2, 0.25) is 0 Å². The normalized spacial score (nSPS) is 14.8. The third kappa shape index (κ3) is 7.50. The quantitative estimate of drug-likeness (QED) is 0.297. The van der Waals surface area contributed by atoms with Gasteiger partial charge >= 0.3 is 26.2 Å². The Balaban J connectivity index is 0.000000373. The van der Waals surface area contributed by atoms with Gasteiger partial charge in [-0.3, -0.25) is 6.08 Å². The zero-order valence-corrected chi connectivity index (χ0v) is 26.4. The van der Waals surface area contributed by atoms with Crippen molar-refractivity contribution in [3.63, 3.8) is 0 Å². The second kappa shape index (κ2) is 12.8. The first-order chi connectivity index (χ1) is 15.5. The molecule has 0 aliphatic heterocycles. The van der Waals surface area contributed by atoms with Crippen molar-refractivity contribution in [2.45, 2.75) is 59.3 Å². The van der Waals surface area contributed by atoms with E-state index in [-0.39, 0.29) is 61.8 Å². The van der Waals surface area contributed by atoms with Crippen LogP contribution in [0.4, 0.5) is 0 Å². The molecule has 0 radical (unpaired) electrons. The van der Waals surface area contributed by atoms with Gasteiger partial charge in [0, 0.05) is 0 Å². The monoisotopic (exact) mass is 592 g/mol. The first-order valence-corrected chi connectivity index (χ1v) is 12.0. The Labute approximate surface area is 249 Å². The molecule has 0 spiro atoms. The summed E-state index contributed by atoms with van der Waals surface area (Å²) in [5.74, 6) is 0.472. The van der Waals surface area contributed by atoms with Gasteiger partial charge in [0.15, 0.2) is 0 Å². The minimum Gasteiger partial charge on any atom is -1.00 e. The van der Waals surface area contributed by atoms with Crippen LogP contribution in [0, 0.1) is 12.0 Å². The Morgan fingerprint density at radius 3 is 1.56 bits per heavy atom. The smallest absolute Gasteiger partial charge is 1.00 e. The Morgan fingerprint density at radius 2 is 1.17 bits per heavy atom. The summed E-state index contributed by atoms with van der Waals surface area (Å²) < 4.78 is 0. The molecule has 4 aromatic rings. The van der Waals surface area contributed by atoms with E-state index in [1.807, 2.05) is 6.07 Å². The Morgan fingerprint density at radius 1 is 0.694 bits per heavy atom. The van der Waals surface area contributed by atoms with Crippen LogP contribution in [0.3, 0.4) is 0 Å². The number of hydrogen-bond donors (Lipinski definition) is 0. The van der Waals surface area contributed by atoms with Crippen LogP contribution in [-0.4, -0.2) is 0 Å². The first kappa shape index (κ1) is 32.5. The maximum atomic E-state index is 3.25. The molecule has 3 heteroatoms. The molecule has 1 aliphatic carbocycles. The molecule has 0 N–H and O–H groups in total. The first-order valence-electron chi connectivity index (χ1n) is 12.0. The molecule has 0 heterocycles. The van der Waals surface area contributed by atoms with Crippen LogP contribution in [0.5, 0.6) is 0 Å². The van der Waals surface area contributed by atoms with Gasteiger partial charge in [-0.25, -0.2) is 6.08 Å². The van der Waals surface area contributed by atoms with E-state index in [9.17, 15) is 0 Å². The minimum atomic E-state index is 0. The Bertz CT molecular complexity index is 1260. The van der Waals surface area contributed by atoms with E-state index in [4.69, 9.17) is 0 Å². The van der Waals surface area contributed by atoms with Crippen LogP contribution in [-0.2, 0) is 37.0 Å². The predicted octanol–water partition coefficient (Wildman–Crippen LogP) is 3.39. The maximum absolute atomic E-state index is 3.25. The molecule has 1 aliphatic rings. The number of benzene rings is 3. The van der Waals surface area contributed by atoms with Crippen molar-refractivity contribution in [2.24, 2.45) is 5.92 Å². The molecule has 5 rings (SSSR count). The number of halogens is 2. The fourth-order valence-corrected chi connectivity index (χ4v) is 4.35. The molecule has 4 aromatic carbocycles. The molecule has 0 bridgehead atoms. The summed E-state index contributed by atoms with van der Waals surface area (Å²) in [4.78, 5) is 0. The van der Waals surface area contributed by atoms with Gasteiger partial charge in [0.05, 0.1) is 0 Å². The second-order valence-corrected chi connectivity index (χ2v) is 11.3. The summed E-state index contributed by atoms with van der Waals surface area (Å²) in [6, 6.07) is 26.6. The van der Waals surface area contributed by atoms with E-state index in [0.717, 1.165) is 0 Å². The summed E-state index contributed by atoms with van der Waals surface area (Å²) in [7, 11) is 0. The van der Waals surface area contributed by atoms with Gasteiger partial charge < -0.3 is 24.8 Å². The van der Waals surface area contributed by atoms with E-state index in [0.29, 0.717) is 5.92 Å². The Kier molecular flexibility index (Phi) is 11.6. The van der Waals surface area contributed by atoms with Gasteiger partial charge in [0.2, 0.25) is 0 Å². The van der Waals surface area contributed by atoms with E-state index >= 15 is 0 Å². The molecule has 186 valence electrons. The van der Waals surface area contributed by atoms with Gasteiger partial charge in [-0.1, -0.05) is 120 Å². The van der Waals surface area contributed by atoms with Crippen LogP contribution in [0.25, 0.3) is 27.1 Å². The molecule has 1 unspecified atom stereocenters. The van der Waals surface area contributed by atoms with Crippen LogP contribution < -0.4 is 24.8 Å². The summed E-state index contributed by atoms with van der Waals surface area (Å²) in [6.07, 6.45) is 7.55. The SMILES string of the molecule is CC(C)(C)c1ccc2c(c1)[cH-]c1cc(C(C)(C)C)ccc12.CC1[C-]=CC(c2ccccc2)=C1.[Cl-].[Cl-].[Zr+4]. The summed E-state index contributed by atoms with van der Waals surface area (Å²) in [5.41, 5.74) is 5.79. The van der Waals surface area contributed by atoms with E-state index in [1.165, 1.54) is 43.8 Å². The average molecular weight is 595 g/mol. The van der Waals surface area contributed by atoms with Crippen molar-refractivity contribution in [3.05, 3.63) is 108 Å². The molecule has 0 aromatic heterocycles. The predicted molar refractivity (Wildman–Crippen MR) is 146 cm³/mol. The van der Waals surface area contributed by atoms with Gasteiger partial charge in [0.1, 0.15) is 0 Å². The molecule has 36 heavy (non-hydrogen) atoms. The fourth-order valence-electron chi connectivity index (χ4n) is 4.35. The van der Waals surface area contributed by atoms with Crippen molar-refractivity contribution in [2.75, 3.05) is 0 Å². The van der Waals surface area contributed by atoms with Gasteiger partial charge in [0.25, 0.3) is 0 Å². The third-order valence-corrected chi connectivity index (χ3v) is 6.47. The van der Waals surface area contributed by atoms with Gasteiger partial charge in [-0.2, -0.15) is 11.6 Å². The Hall–Kier alpha value is -1.53. The maximum Gasteiger partial charge on any atom is 4.00 e. The van der Waals surface area contributed by atoms with Crippen LogP contribution >= 0.6 is 0 Å². The summed E-state index contributed by atoms with van der Waals surface area (Å²) in [5, 5.41) is 5.48. The molecule has 0 fully saturated rings. The standard InChI is InChI=1S/C21H25.C12H11.2ClH.Zr/c1-20(2,3)16-7-9-18-14(12-16)11-15-13-17(21(4,5)6)8-10-19(15)18;1-10-7-8-12(9-10)11-5-3-2-4-6-11;;;/h7-13H,1-6H3;2-6,8-10H,1H3;2*1H;/q2*-1;;;+4/p-2. The average Bonchev–Trinajstić information content (AvgIpc) is 3.36. The molecule has 0 nitrogen and oxygen atoms in total. The largest absolute Gasteiger partial charge is 4.00 e. The molecule has 0 saturated carbocycles. The van der Waals surface area contributed by atoms with Crippen LogP contribution in [0.1, 0.15) is 65.2 Å². The van der Waals surface area contributed by atoms with Gasteiger partial charge in [-0.15, -0.1) is 45.3 Å². The minimum absolute atomic E-state index is 0. The van der Waals surface area contributed by atoms with E-state index < -0.39 is 0 Å². The molecular formula is C33H36Cl2Zr. The summed E-state index contributed by atoms with van der Waals surface area (Å²) in [6.45, 7) is 15.8. The van der Waals surface area contributed by atoms with Crippen molar-refractivity contribution in [3.8, 4) is 0 Å². The topological polar surface area (TPSA) is 0 Å². The molecular weight excluding hydrogens is 558 g/mol. The van der Waals surface area contributed by atoms with Crippen molar-refractivity contribution in [1.82, 2.24) is 0 Å². The molecule has 1 atom stereocenters. The summed E-state index contributed by atoms with van der Waals surface area (Å²) >= 11 is 0. The van der Waals surface area contributed by atoms with E-state index in [2.05, 4.69) is 133 Å². The number of allylic oxidation sites excluding steroid dienone is 4. The van der Waals surface area contributed by atoms with E-state index in [1.54, 1.807) is 0 Å². The van der Waals surface area contributed by atoms with Crippen molar-refractivity contribution >= 4 is 27.1 Å². The number of rotatable bonds is 1. The second-order valence-electron chi connectivity index (χ2n) is 11.3. The number of fused-ring (bicyclic) bond motifs is 3. The fraction of sp³-hybridized carbons (Fsp3) is 0.303. The van der Waals surface area contributed by atoms with Crippen LogP contribution in [0.15, 0.2) is 84.9 Å². The molecule has 0 saturated heterocycles. The van der Waals surface area contributed by atoms with Gasteiger partial charge in [-0.05, 0) is 10.8 Å². The third-order valence-electron chi connectivity index (χ3n) is 6.47. The van der Waals surface area contributed by atoms with Crippen molar-refractivity contribution < 1.29 is 51.0 Å². The zero-order chi connectivity index (χ0) is 23.8.